The van der Waals surface area contributed by atoms with Crippen molar-refractivity contribution in [2.45, 2.75) is 19.4 Å². The zero-order valence-corrected chi connectivity index (χ0v) is 7.74. The van der Waals surface area contributed by atoms with Crippen LogP contribution in [-0.4, -0.2) is 30.6 Å². The van der Waals surface area contributed by atoms with Crippen LogP contribution in [0, 0.1) is 0 Å². The Morgan fingerprint density at radius 2 is 2.33 bits per heavy atom. The van der Waals surface area contributed by atoms with E-state index < -0.39 is 0 Å². The molecule has 0 aromatic rings. The zero-order valence-electron chi connectivity index (χ0n) is 7.74. The minimum atomic E-state index is 0.403. The Hall–Kier alpha value is -0.600. The van der Waals surface area contributed by atoms with Gasteiger partial charge in [0.25, 0.3) is 0 Å². The average Bonchev–Trinajstić information content (AvgIpc) is 2.45. The topological polar surface area (TPSA) is 29.3 Å². The van der Waals surface area contributed by atoms with Crippen LogP contribution in [0.15, 0.2) is 24.3 Å². The van der Waals surface area contributed by atoms with Crippen molar-refractivity contribution in [1.82, 2.24) is 4.90 Å². The Balaban J connectivity index is 2.15. The van der Waals surface area contributed by atoms with Gasteiger partial charge in [-0.3, -0.25) is 4.90 Å². The van der Waals surface area contributed by atoms with Gasteiger partial charge in [-0.2, -0.15) is 0 Å². The summed E-state index contributed by atoms with van der Waals surface area (Å²) < 4.78 is 0. The molecule has 1 atom stereocenters. The predicted molar refractivity (Wildman–Crippen MR) is 53.0 cm³/mol. The first kappa shape index (κ1) is 9.49. The van der Waals surface area contributed by atoms with E-state index in [0.717, 1.165) is 26.1 Å². The Bertz CT molecular complexity index is 173. The average molecular weight is 166 g/mol. The van der Waals surface area contributed by atoms with Crippen molar-refractivity contribution in [1.29, 1.82) is 0 Å². The normalized spacial score (nSPS) is 26.3. The molecule has 1 fully saturated rings. The molecule has 0 radical (unpaired) electrons. The maximum atomic E-state index is 5.78. The Kier molecular flexibility index (Phi) is 4.05. The molecule has 0 spiro atoms. The number of nitrogens with two attached hydrogens (primary N) is 1. The fourth-order valence-corrected chi connectivity index (χ4v) is 1.43. The summed E-state index contributed by atoms with van der Waals surface area (Å²) in [5, 5.41) is 0. The van der Waals surface area contributed by atoms with Gasteiger partial charge in [0, 0.05) is 25.7 Å². The van der Waals surface area contributed by atoms with Crippen molar-refractivity contribution in [2.75, 3.05) is 19.6 Å². The van der Waals surface area contributed by atoms with Gasteiger partial charge in [0.15, 0.2) is 0 Å². The lowest BCUT2D eigenvalue weighted by molar-refractivity contribution is 0.372. The van der Waals surface area contributed by atoms with Crippen molar-refractivity contribution in [2.24, 2.45) is 5.73 Å². The molecule has 2 heteroatoms. The molecule has 0 amide bonds. The summed E-state index contributed by atoms with van der Waals surface area (Å²) in [5.41, 5.74) is 5.78. The second-order valence-electron chi connectivity index (χ2n) is 3.26. The molecule has 2 N–H and O–H groups in total. The van der Waals surface area contributed by atoms with Gasteiger partial charge in [-0.1, -0.05) is 24.3 Å². The fraction of sp³-hybridized carbons (Fsp3) is 0.600. The molecule has 1 heterocycles. The quantitative estimate of drug-likeness (QED) is 0.637. The van der Waals surface area contributed by atoms with Gasteiger partial charge in [0.2, 0.25) is 0 Å². The number of hydrogen-bond donors (Lipinski definition) is 1. The molecule has 1 saturated heterocycles. The van der Waals surface area contributed by atoms with Crippen LogP contribution in [0.5, 0.6) is 0 Å². The van der Waals surface area contributed by atoms with E-state index in [1.807, 2.05) is 13.0 Å². The molecule has 68 valence electrons. The molecular formula is C10H18N2. The molecular weight excluding hydrogens is 148 g/mol. The first-order valence-corrected chi connectivity index (χ1v) is 4.58. The van der Waals surface area contributed by atoms with Gasteiger partial charge in [-0.15, -0.1) is 0 Å². The van der Waals surface area contributed by atoms with Crippen LogP contribution in [0.3, 0.4) is 0 Å². The van der Waals surface area contributed by atoms with Crippen molar-refractivity contribution >= 4 is 0 Å². The number of hydrogen-bond acceptors (Lipinski definition) is 2. The maximum Gasteiger partial charge on any atom is 0.0180 e. The lowest BCUT2D eigenvalue weighted by atomic mass is 10.3. The monoisotopic (exact) mass is 166 g/mol. The van der Waals surface area contributed by atoms with Crippen molar-refractivity contribution in [3.8, 4) is 0 Å². The first-order chi connectivity index (χ1) is 5.83. The molecule has 1 aliphatic heterocycles. The Morgan fingerprint density at radius 3 is 2.92 bits per heavy atom. The summed E-state index contributed by atoms with van der Waals surface area (Å²) in [6, 6.07) is 0.403. The van der Waals surface area contributed by atoms with Crippen LogP contribution in [0.25, 0.3) is 0 Å². The van der Waals surface area contributed by atoms with E-state index in [-0.39, 0.29) is 0 Å². The lowest BCUT2D eigenvalue weighted by Gasteiger charge is -2.10. The first-order valence-electron chi connectivity index (χ1n) is 4.58. The second-order valence-corrected chi connectivity index (χ2v) is 3.26. The molecule has 2 nitrogen and oxygen atoms in total. The summed E-state index contributed by atoms with van der Waals surface area (Å²) in [7, 11) is 0. The summed E-state index contributed by atoms with van der Waals surface area (Å²) in [6.07, 6.45) is 9.50. The third-order valence-electron chi connectivity index (χ3n) is 2.11. The summed E-state index contributed by atoms with van der Waals surface area (Å²) >= 11 is 0. The van der Waals surface area contributed by atoms with E-state index in [9.17, 15) is 0 Å². The third kappa shape index (κ3) is 3.20. The molecule has 12 heavy (non-hydrogen) atoms. The molecule has 0 aromatic heterocycles. The van der Waals surface area contributed by atoms with Crippen molar-refractivity contribution in [3.63, 3.8) is 0 Å². The number of rotatable bonds is 3. The number of nitrogens with zero attached hydrogens (tertiary/aromatic N) is 1. The zero-order chi connectivity index (χ0) is 8.81. The van der Waals surface area contributed by atoms with Crippen LogP contribution >= 0.6 is 0 Å². The van der Waals surface area contributed by atoms with Gasteiger partial charge in [0.1, 0.15) is 0 Å². The number of likely N-dealkylation sites (tertiary alicyclic amines) is 1. The highest BCUT2D eigenvalue weighted by Gasteiger charge is 2.16. The summed E-state index contributed by atoms with van der Waals surface area (Å²) in [6.45, 7) is 5.27. The highest BCUT2D eigenvalue weighted by molar-refractivity contribution is 5.02. The Morgan fingerprint density at radius 1 is 1.50 bits per heavy atom. The van der Waals surface area contributed by atoms with E-state index >= 15 is 0 Å². The standard InChI is InChI=1S/C10H18N2/c1-2-3-4-5-7-12-8-6-10(11)9-12/h2-5,10H,6-9,11H2,1H3/b3-2+,5-4+. The molecule has 1 aliphatic rings. The summed E-state index contributed by atoms with van der Waals surface area (Å²) in [5.74, 6) is 0. The van der Waals surface area contributed by atoms with E-state index in [0.29, 0.717) is 6.04 Å². The lowest BCUT2D eigenvalue weighted by Crippen LogP contribution is -2.26. The highest BCUT2D eigenvalue weighted by Crippen LogP contribution is 2.05. The van der Waals surface area contributed by atoms with Crippen LogP contribution in [0.4, 0.5) is 0 Å². The predicted octanol–water partition coefficient (Wildman–Crippen LogP) is 1.15. The third-order valence-corrected chi connectivity index (χ3v) is 2.11. The van der Waals surface area contributed by atoms with Crippen LogP contribution in [0.1, 0.15) is 13.3 Å². The molecule has 0 aromatic carbocycles. The van der Waals surface area contributed by atoms with Crippen LogP contribution in [-0.2, 0) is 0 Å². The SMILES string of the molecule is C/C=C/C=C/CN1CCC(N)C1. The molecule has 0 aliphatic carbocycles. The van der Waals surface area contributed by atoms with Crippen LogP contribution < -0.4 is 5.73 Å². The molecule has 1 rings (SSSR count). The Labute approximate surface area is 74.7 Å². The fourth-order valence-electron chi connectivity index (χ4n) is 1.43. The van der Waals surface area contributed by atoms with E-state index in [1.165, 1.54) is 0 Å². The summed E-state index contributed by atoms with van der Waals surface area (Å²) in [4.78, 5) is 2.38. The van der Waals surface area contributed by atoms with Crippen molar-refractivity contribution < 1.29 is 0 Å². The minimum absolute atomic E-state index is 0.403. The van der Waals surface area contributed by atoms with Gasteiger partial charge >= 0.3 is 0 Å². The van der Waals surface area contributed by atoms with Gasteiger partial charge < -0.3 is 5.73 Å². The van der Waals surface area contributed by atoms with Gasteiger partial charge in [0.05, 0.1) is 0 Å². The van der Waals surface area contributed by atoms with Crippen LogP contribution in [0.2, 0.25) is 0 Å². The highest BCUT2D eigenvalue weighted by atomic mass is 15.2. The largest absolute Gasteiger partial charge is 0.326 e. The molecule has 0 bridgehead atoms. The minimum Gasteiger partial charge on any atom is -0.326 e. The second kappa shape index (κ2) is 5.12. The van der Waals surface area contributed by atoms with E-state index in [1.54, 1.807) is 0 Å². The molecule has 1 unspecified atom stereocenters. The van der Waals surface area contributed by atoms with E-state index in [2.05, 4.69) is 23.1 Å². The van der Waals surface area contributed by atoms with E-state index in [4.69, 9.17) is 5.73 Å². The van der Waals surface area contributed by atoms with Gasteiger partial charge in [-0.25, -0.2) is 0 Å². The van der Waals surface area contributed by atoms with Crippen molar-refractivity contribution in [3.05, 3.63) is 24.3 Å². The smallest absolute Gasteiger partial charge is 0.0180 e. The van der Waals surface area contributed by atoms with Gasteiger partial charge in [-0.05, 0) is 13.3 Å². The maximum absolute atomic E-state index is 5.78. The molecule has 0 saturated carbocycles. The number of allylic oxidation sites excluding steroid dienone is 3.